The number of anilines is 1. The number of alkyl halides is 3. The fraction of sp³-hybridized carbons (Fsp3) is 0.231. The molecule has 8 heteroatoms. The quantitative estimate of drug-likeness (QED) is 0.627. The van der Waals surface area contributed by atoms with Crippen LogP contribution in [0.25, 0.3) is 0 Å². The van der Waals surface area contributed by atoms with E-state index in [1.165, 1.54) is 17.4 Å². The number of benzene rings is 1. The first-order valence-corrected chi connectivity index (χ1v) is 7.33. The third-order valence-corrected chi connectivity index (χ3v) is 4.32. The SMILES string of the molecule is CC(Nc1ccc(F)c(C(F)(F)F)c1)c1cc(Cl)sc1Cl. The number of nitrogens with one attached hydrogen (secondary N) is 1. The van der Waals surface area contributed by atoms with Gasteiger partial charge in [0.1, 0.15) is 5.82 Å². The van der Waals surface area contributed by atoms with E-state index in [1.54, 1.807) is 13.0 Å². The highest BCUT2D eigenvalue weighted by Crippen LogP contribution is 2.37. The van der Waals surface area contributed by atoms with Crippen LogP contribution in [-0.2, 0) is 6.18 Å². The standard InChI is InChI=1S/C13H9Cl2F4NS/c1-6(8-5-11(14)21-12(8)15)20-7-2-3-10(16)9(4-7)13(17,18)19/h2-6,20H,1H3. The summed E-state index contributed by atoms with van der Waals surface area (Å²) in [7, 11) is 0. The van der Waals surface area contributed by atoms with Gasteiger partial charge in [-0.1, -0.05) is 23.2 Å². The van der Waals surface area contributed by atoms with Crippen LogP contribution in [0.2, 0.25) is 8.67 Å². The summed E-state index contributed by atoms with van der Waals surface area (Å²) in [5.41, 5.74) is -0.492. The highest BCUT2D eigenvalue weighted by molar-refractivity contribution is 7.20. The largest absolute Gasteiger partial charge is 0.419 e. The smallest absolute Gasteiger partial charge is 0.378 e. The van der Waals surface area contributed by atoms with E-state index in [-0.39, 0.29) is 11.7 Å². The molecule has 1 atom stereocenters. The van der Waals surface area contributed by atoms with Crippen molar-refractivity contribution in [2.75, 3.05) is 5.32 Å². The molecule has 1 aromatic heterocycles. The lowest BCUT2D eigenvalue weighted by molar-refractivity contribution is -0.139. The van der Waals surface area contributed by atoms with Crippen LogP contribution in [-0.4, -0.2) is 0 Å². The summed E-state index contributed by atoms with van der Waals surface area (Å²) < 4.78 is 52.1. The van der Waals surface area contributed by atoms with E-state index in [1.807, 2.05) is 0 Å². The third-order valence-electron chi connectivity index (χ3n) is 2.80. The lowest BCUT2D eigenvalue weighted by Crippen LogP contribution is -2.11. The van der Waals surface area contributed by atoms with E-state index in [9.17, 15) is 17.6 Å². The molecule has 1 aromatic carbocycles. The minimum atomic E-state index is -4.74. The van der Waals surface area contributed by atoms with Crippen LogP contribution < -0.4 is 5.32 Å². The third kappa shape index (κ3) is 3.81. The highest BCUT2D eigenvalue weighted by Gasteiger charge is 2.34. The van der Waals surface area contributed by atoms with Crippen LogP contribution in [0.4, 0.5) is 23.2 Å². The molecule has 2 rings (SSSR count). The Bertz CT molecular complexity index is 654. The van der Waals surface area contributed by atoms with Gasteiger partial charge in [0.2, 0.25) is 0 Å². The van der Waals surface area contributed by atoms with E-state index < -0.39 is 17.6 Å². The molecular formula is C13H9Cl2F4NS. The van der Waals surface area contributed by atoms with Crippen molar-refractivity contribution >= 4 is 40.2 Å². The van der Waals surface area contributed by atoms with Crippen LogP contribution in [0.1, 0.15) is 24.1 Å². The molecule has 0 amide bonds. The summed E-state index contributed by atoms with van der Waals surface area (Å²) in [4.78, 5) is 0. The fourth-order valence-electron chi connectivity index (χ4n) is 1.81. The molecule has 1 heterocycles. The van der Waals surface area contributed by atoms with Gasteiger partial charge in [-0.05, 0) is 31.2 Å². The summed E-state index contributed by atoms with van der Waals surface area (Å²) in [5, 5.41) is 2.85. The first-order valence-electron chi connectivity index (χ1n) is 5.76. The maximum atomic E-state index is 13.2. The van der Waals surface area contributed by atoms with Crippen molar-refractivity contribution in [2.24, 2.45) is 0 Å². The Morgan fingerprint density at radius 2 is 1.86 bits per heavy atom. The average molecular weight is 358 g/mol. The summed E-state index contributed by atoms with van der Waals surface area (Å²) >= 11 is 13.0. The van der Waals surface area contributed by atoms with E-state index >= 15 is 0 Å². The molecule has 0 aliphatic rings. The summed E-state index contributed by atoms with van der Waals surface area (Å²) in [6.45, 7) is 1.72. The first-order chi connectivity index (χ1) is 9.68. The zero-order valence-electron chi connectivity index (χ0n) is 10.6. The average Bonchev–Trinajstić information content (AvgIpc) is 2.69. The second-order valence-electron chi connectivity index (χ2n) is 4.34. The summed E-state index contributed by atoms with van der Waals surface area (Å²) in [5.74, 6) is -1.31. The Morgan fingerprint density at radius 3 is 2.38 bits per heavy atom. The van der Waals surface area contributed by atoms with Gasteiger partial charge in [0, 0.05) is 11.3 Å². The lowest BCUT2D eigenvalue weighted by Gasteiger charge is -2.16. The molecule has 2 aromatic rings. The molecule has 0 saturated carbocycles. The predicted octanol–water partition coefficient (Wildman–Crippen LogP) is 6.39. The van der Waals surface area contributed by atoms with Crippen molar-refractivity contribution in [3.63, 3.8) is 0 Å². The van der Waals surface area contributed by atoms with Crippen LogP contribution in [0.15, 0.2) is 24.3 Å². The van der Waals surface area contributed by atoms with Crippen LogP contribution in [0, 0.1) is 5.82 Å². The molecule has 0 bridgehead atoms. The van der Waals surface area contributed by atoms with Gasteiger partial charge in [-0.2, -0.15) is 13.2 Å². The molecular weight excluding hydrogens is 349 g/mol. The monoisotopic (exact) mass is 357 g/mol. The molecule has 1 N–H and O–H groups in total. The molecule has 0 aliphatic heterocycles. The van der Waals surface area contributed by atoms with Crippen LogP contribution >= 0.6 is 34.5 Å². The molecule has 21 heavy (non-hydrogen) atoms. The Labute approximate surface area is 132 Å². The predicted molar refractivity (Wildman–Crippen MR) is 77.8 cm³/mol. The maximum absolute atomic E-state index is 13.2. The van der Waals surface area contributed by atoms with E-state index in [4.69, 9.17) is 23.2 Å². The van der Waals surface area contributed by atoms with Gasteiger partial charge in [-0.3, -0.25) is 0 Å². The van der Waals surface area contributed by atoms with Gasteiger partial charge < -0.3 is 5.32 Å². The minimum Gasteiger partial charge on any atom is -0.378 e. The zero-order chi connectivity index (χ0) is 15.8. The normalized spacial score (nSPS) is 13.3. The molecule has 0 radical (unpaired) electrons. The number of rotatable bonds is 3. The minimum absolute atomic E-state index is 0.148. The lowest BCUT2D eigenvalue weighted by atomic mass is 10.1. The van der Waals surface area contributed by atoms with Gasteiger partial charge >= 0.3 is 6.18 Å². The number of hydrogen-bond donors (Lipinski definition) is 1. The maximum Gasteiger partial charge on any atom is 0.419 e. The van der Waals surface area contributed by atoms with Crippen molar-refractivity contribution in [3.8, 4) is 0 Å². The fourth-order valence-corrected chi connectivity index (χ4v) is 3.45. The summed E-state index contributed by atoms with van der Waals surface area (Å²) in [6.07, 6.45) is -4.74. The highest BCUT2D eigenvalue weighted by atomic mass is 35.5. The number of thiophene rings is 1. The van der Waals surface area contributed by atoms with Crippen LogP contribution in [0.5, 0.6) is 0 Å². The van der Waals surface area contributed by atoms with E-state index in [2.05, 4.69) is 5.32 Å². The first kappa shape index (κ1) is 16.4. The van der Waals surface area contributed by atoms with E-state index in [0.29, 0.717) is 14.2 Å². The molecule has 1 nitrogen and oxygen atoms in total. The van der Waals surface area contributed by atoms with Gasteiger partial charge in [0.05, 0.1) is 20.3 Å². The number of hydrogen-bond acceptors (Lipinski definition) is 2. The Morgan fingerprint density at radius 1 is 1.19 bits per heavy atom. The molecule has 0 saturated heterocycles. The van der Waals surface area contributed by atoms with Crippen molar-refractivity contribution in [3.05, 3.63) is 49.9 Å². The van der Waals surface area contributed by atoms with Crippen molar-refractivity contribution in [1.82, 2.24) is 0 Å². The summed E-state index contributed by atoms with van der Waals surface area (Å²) in [6, 6.07) is 4.02. The topological polar surface area (TPSA) is 12.0 Å². The van der Waals surface area contributed by atoms with Gasteiger partial charge in [-0.15, -0.1) is 11.3 Å². The molecule has 114 valence electrons. The van der Waals surface area contributed by atoms with E-state index in [0.717, 1.165) is 12.1 Å². The van der Waals surface area contributed by atoms with Gasteiger partial charge in [0.25, 0.3) is 0 Å². The number of halogens is 6. The van der Waals surface area contributed by atoms with Gasteiger partial charge in [-0.25, -0.2) is 4.39 Å². The molecule has 1 unspecified atom stereocenters. The van der Waals surface area contributed by atoms with Gasteiger partial charge in [0.15, 0.2) is 0 Å². The van der Waals surface area contributed by atoms with Crippen LogP contribution in [0.3, 0.4) is 0 Å². The second-order valence-corrected chi connectivity index (χ2v) is 6.62. The van der Waals surface area contributed by atoms with Crippen molar-refractivity contribution < 1.29 is 17.6 Å². The molecule has 0 fully saturated rings. The molecule has 0 spiro atoms. The Kier molecular flexibility index (Phi) is 4.70. The zero-order valence-corrected chi connectivity index (χ0v) is 12.9. The van der Waals surface area contributed by atoms with Crippen molar-refractivity contribution in [2.45, 2.75) is 19.1 Å². The Balaban J connectivity index is 2.26. The Hall–Kier alpha value is -0.980. The molecule has 0 aliphatic carbocycles. The second kappa shape index (κ2) is 6.02. The van der Waals surface area contributed by atoms with Crippen molar-refractivity contribution in [1.29, 1.82) is 0 Å².